The molecule has 0 aromatic carbocycles. The summed E-state index contributed by atoms with van der Waals surface area (Å²) in [5.41, 5.74) is -5.39. The predicted octanol–water partition coefficient (Wildman–Crippen LogP) is 3.34. The van der Waals surface area contributed by atoms with Crippen molar-refractivity contribution in [1.29, 1.82) is 0 Å². The van der Waals surface area contributed by atoms with Gasteiger partial charge in [0.1, 0.15) is 5.76 Å². The Hall–Kier alpha value is -0.720. The number of allylic oxidation sites excluding steroid dienone is 1. The first kappa shape index (κ1) is 15.3. The van der Waals surface area contributed by atoms with Crippen LogP contribution in [0.1, 0.15) is 39.0 Å². The number of hydrogen-bond acceptors (Lipinski definition) is 3. The molecule has 0 rings (SSSR count). The van der Waals surface area contributed by atoms with Crippen molar-refractivity contribution in [2.75, 3.05) is 0 Å². The van der Waals surface area contributed by atoms with Gasteiger partial charge in [-0.05, 0) is 6.42 Å². The quantitative estimate of drug-likeness (QED) is 0.305. The van der Waals surface area contributed by atoms with Crippen molar-refractivity contribution in [3.63, 3.8) is 0 Å². The van der Waals surface area contributed by atoms with Gasteiger partial charge in [0.2, 0.25) is 0 Å². The molecule has 0 aliphatic heterocycles. The third-order valence-corrected chi connectivity index (χ3v) is 2.84. The Balaban J connectivity index is 4.07. The van der Waals surface area contributed by atoms with Crippen molar-refractivity contribution in [3.8, 4) is 0 Å². The molecule has 0 saturated heterocycles. The van der Waals surface area contributed by atoms with Crippen molar-refractivity contribution < 1.29 is 25.8 Å². The smallest absolute Gasteiger partial charge is 0.381 e. The molecule has 0 fully saturated rings. The fraction of sp³-hybridized carbons (Fsp3) is 0.778. The first-order valence-electron chi connectivity index (χ1n) is 4.89. The highest BCUT2D eigenvalue weighted by Crippen LogP contribution is 2.27. The van der Waals surface area contributed by atoms with E-state index in [4.69, 9.17) is 0 Å². The van der Waals surface area contributed by atoms with Crippen molar-refractivity contribution in [1.82, 2.24) is 0 Å². The number of unbranched alkanes of at least 4 members (excludes halogenated alkanes) is 3. The molecule has 0 saturated carbocycles. The van der Waals surface area contributed by atoms with Crippen molar-refractivity contribution in [2.24, 2.45) is 0 Å². The van der Waals surface area contributed by atoms with Crippen LogP contribution in [0.5, 0.6) is 0 Å². The van der Waals surface area contributed by atoms with E-state index in [1.54, 1.807) is 0 Å². The van der Waals surface area contributed by atoms with Crippen molar-refractivity contribution >= 4 is 10.1 Å². The zero-order valence-electron chi connectivity index (χ0n) is 9.01. The number of rotatable bonds is 7. The zero-order valence-corrected chi connectivity index (χ0v) is 9.83. The van der Waals surface area contributed by atoms with Gasteiger partial charge in [-0.1, -0.05) is 32.8 Å². The maximum Gasteiger partial charge on any atom is 0.534 e. The molecule has 7 heteroatoms. The summed E-state index contributed by atoms with van der Waals surface area (Å²) >= 11 is 0. The van der Waals surface area contributed by atoms with Crippen molar-refractivity contribution in [2.45, 2.75) is 44.5 Å². The molecular weight excluding hydrogens is 245 g/mol. The average Bonchev–Trinajstić information content (AvgIpc) is 2.10. The van der Waals surface area contributed by atoms with Gasteiger partial charge in [0, 0.05) is 6.42 Å². The fourth-order valence-corrected chi connectivity index (χ4v) is 1.48. The number of halogens is 3. The van der Waals surface area contributed by atoms with Gasteiger partial charge in [0.05, 0.1) is 0 Å². The Morgan fingerprint density at radius 1 is 1.25 bits per heavy atom. The van der Waals surface area contributed by atoms with Gasteiger partial charge in [0.25, 0.3) is 0 Å². The fourth-order valence-electron chi connectivity index (χ4n) is 0.993. The summed E-state index contributed by atoms with van der Waals surface area (Å²) in [6, 6.07) is 0. The second-order valence-corrected chi connectivity index (χ2v) is 4.87. The summed E-state index contributed by atoms with van der Waals surface area (Å²) in [4.78, 5) is 0. The molecular formula is C9H15F3O3S. The number of hydrogen-bond donors (Lipinski definition) is 0. The second kappa shape index (κ2) is 6.12. The van der Waals surface area contributed by atoms with Gasteiger partial charge in [-0.25, -0.2) is 0 Å². The molecule has 0 heterocycles. The minimum Gasteiger partial charge on any atom is -0.381 e. The number of alkyl halides is 3. The Bertz CT molecular complexity index is 319. The molecule has 0 bridgehead atoms. The molecule has 0 aliphatic rings. The molecule has 0 spiro atoms. The maximum absolute atomic E-state index is 11.9. The Labute approximate surface area is 93.4 Å². The van der Waals surface area contributed by atoms with E-state index in [1.807, 2.05) is 6.92 Å². The van der Waals surface area contributed by atoms with Gasteiger partial charge < -0.3 is 4.18 Å². The first-order valence-corrected chi connectivity index (χ1v) is 6.30. The summed E-state index contributed by atoms with van der Waals surface area (Å²) in [6.07, 6.45) is 3.42. The molecule has 0 atom stereocenters. The minimum atomic E-state index is -5.54. The topological polar surface area (TPSA) is 43.4 Å². The lowest BCUT2D eigenvalue weighted by atomic mass is 10.1. The van der Waals surface area contributed by atoms with E-state index in [0.29, 0.717) is 6.42 Å². The molecule has 0 amide bonds. The highest BCUT2D eigenvalue weighted by Gasteiger charge is 2.48. The van der Waals surface area contributed by atoms with E-state index >= 15 is 0 Å². The standard InChI is InChI=1S/C9H15F3O3S/c1-3-4-5-6-7-8(2)15-16(13,14)9(10,11)12/h2-7H2,1H3. The Kier molecular flexibility index (Phi) is 5.85. The minimum absolute atomic E-state index is 0.120. The Morgan fingerprint density at radius 2 is 1.81 bits per heavy atom. The van der Waals surface area contributed by atoms with Crippen LogP contribution in [-0.4, -0.2) is 13.9 Å². The molecule has 0 unspecified atom stereocenters. The van der Waals surface area contributed by atoms with Crippen LogP contribution < -0.4 is 0 Å². The first-order chi connectivity index (χ1) is 7.20. The van der Waals surface area contributed by atoms with E-state index < -0.39 is 15.6 Å². The van der Waals surface area contributed by atoms with Gasteiger partial charge in [0.15, 0.2) is 0 Å². The lowest BCUT2D eigenvalue weighted by Crippen LogP contribution is -2.25. The van der Waals surface area contributed by atoms with Crippen LogP contribution >= 0.6 is 0 Å². The molecule has 16 heavy (non-hydrogen) atoms. The summed E-state index contributed by atoms with van der Waals surface area (Å²) < 4.78 is 60.6. The summed E-state index contributed by atoms with van der Waals surface area (Å²) in [7, 11) is -5.54. The van der Waals surface area contributed by atoms with Crippen LogP contribution in [0.3, 0.4) is 0 Å². The van der Waals surface area contributed by atoms with Crippen LogP contribution in [0, 0.1) is 0 Å². The maximum atomic E-state index is 11.9. The van der Waals surface area contributed by atoms with Crippen LogP contribution in [0.4, 0.5) is 13.2 Å². The van der Waals surface area contributed by atoms with E-state index in [1.165, 1.54) is 0 Å². The third kappa shape index (κ3) is 5.39. The van der Waals surface area contributed by atoms with E-state index in [9.17, 15) is 21.6 Å². The van der Waals surface area contributed by atoms with Crippen LogP contribution in [-0.2, 0) is 14.3 Å². The predicted molar refractivity (Wildman–Crippen MR) is 54.0 cm³/mol. The second-order valence-electron chi connectivity index (χ2n) is 3.33. The SMILES string of the molecule is C=C(CCCCCC)OS(=O)(=O)C(F)(F)F. The molecule has 0 aromatic rings. The van der Waals surface area contributed by atoms with E-state index in [-0.39, 0.29) is 12.2 Å². The highest BCUT2D eigenvalue weighted by molar-refractivity contribution is 7.87. The molecule has 96 valence electrons. The van der Waals surface area contributed by atoms with Crippen LogP contribution in [0.25, 0.3) is 0 Å². The van der Waals surface area contributed by atoms with Crippen molar-refractivity contribution in [3.05, 3.63) is 12.3 Å². The monoisotopic (exact) mass is 260 g/mol. The molecule has 0 N–H and O–H groups in total. The average molecular weight is 260 g/mol. The van der Waals surface area contributed by atoms with Gasteiger partial charge in [-0.2, -0.15) is 21.6 Å². The molecule has 0 aromatic heterocycles. The lowest BCUT2D eigenvalue weighted by Gasteiger charge is -2.11. The van der Waals surface area contributed by atoms with E-state index in [0.717, 1.165) is 19.3 Å². The van der Waals surface area contributed by atoms with E-state index in [2.05, 4.69) is 10.8 Å². The largest absolute Gasteiger partial charge is 0.534 e. The summed E-state index contributed by atoms with van der Waals surface area (Å²) in [5, 5.41) is 0. The molecule has 0 aliphatic carbocycles. The van der Waals surface area contributed by atoms with Crippen LogP contribution in [0.15, 0.2) is 12.3 Å². The van der Waals surface area contributed by atoms with Gasteiger partial charge in [-0.3, -0.25) is 0 Å². The summed E-state index contributed by atoms with van der Waals surface area (Å²) in [6.45, 7) is 5.14. The summed E-state index contributed by atoms with van der Waals surface area (Å²) in [5.74, 6) is -0.367. The normalized spacial score (nSPS) is 12.5. The molecule has 3 nitrogen and oxygen atoms in total. The van der Waals surface area contributed by atoms with Gasteiger partial charge in [-0.15, -0.1) is 0 Å². The zero-order chi connectivity index (χ0) is 12.8. The highest BCUT2D eigenvalue weighted by atomic mass is 32.2. The molecule has 0 radical (unpaired) electrons. The van der Waals surface area contributed by atoms with Gasteiger partial charge >= 0.3 is 15.6 Å². The third-order valence-electron chi connectivity index (χ3n) is 1.82. The Morgan fingerprint density at radius 3 is 2.25 bits per heavy atom. The van der Waals surface area contributed by atoms with Crippen LogP contribution in [0.2, 0.25) is 0 Å². The lowest BCUT2D eigenvalue weighted by molar-refractivity contribution is -0.0523.